The summed E-state index contributed by atoms with van der Waals surface area (Å²) in [5.74, 6) is 0. The molecule has 0 spiro atoms. The normalized spacial score (nSPS) is 10.8. The van der Waals surface area contributed by atoms with Crippen LogP contribution >= 0.6 is 0 Å². The third kappa shape index (κ3) is 4.81. The molecule has 112 valence electrons. The Bertz CT molecular complexity index is 429. The molecule has 0 aromatic heterocycles. The van der Waals surface area contributed by atoms with Gasteiger partial charge in [0.2, 0.25) is 0 Å². The fourth-order valence-corrected chi connectivity index (χ4v) is 2.33. The maximum atomic E-state index is 11.0. The molecule has 0 bridgehead atoms. The summed E-state index contributed by atoms with van der Waals surface area (Å²) in [5, 5.41) is 14.1. The van der Waals surface area contributed by atoms with Gasteiger partial charge in [-0.15, -0.1) is 0 Å². The number of benzene rings is 1. The molecule has 0 aliphatic heterocycles. The summed E-state index contributed by atoms with van der Waals surface area (Å²) in [6.45, 7) is 9.92. The first-order valence-corrected chi connectivity index (χ1v) is 7.35. The zero-order chi connectivity index (χ0) is 15.0. The van der Waals surface area contributed by atoms with E-state index in [4.69, 9.17) is 0 Å². The van der Waals surface area contributed by atoms with Crippen LogP contribution in [0.4, 0.5) is 11.4 Å². The Morgan fingerprint density at radius 2 is 1.85 bits per heavy atom. The van der Waals surface area contributed by atoms with Crippen molar-refractivity contribution in [1.82, 2.24) is 4.90 Å². The lowest BCUT2D eigenvalue weighted by atomic mass is 10.1. The minimum absolute atomic E-state index is 0.146. The van der Waals surface area contributed by atoms with Gasteiger partial charge in [-0.05, 0) is 44.5 Å². The monoisotopic (exact) mass is 279 g/mol. The number of nitrogens with one attached hydrogen (secondary N) is 1. The van der Waals surface area contributed by atoms with Gasteiger partial charge in [-0.25, -0.2) is 0 Å². The van der Waals surface area contributed by atoms with Crippen molar-refractivity contribution in [2.75, 3.05) is 25.0 Å². The van der Waals surface area contributed by atoms with Crippen LogP contribution in [0.5, 0.6) is 0 Å². The SMILES string of the molecule is CCCN(CCC)Cc1ccc([N+](=O)[O-])c(NCC)c1. The molecule has 0 aliphatic carbocycles. The lowest BCUT2D eigenvalue weighted by molar-refractivity contribution is -0.384. The molecular weight excluding hydrogens is 254 g/mol. The molecule has 0 aliphatic rings. The number of nitro benzene ring substituents is 1. The molecule has 0 amide bonds. The van der Waals surface area contributed by atoms with E-state index in [1.165, 1.54) is 0 Å². The smallest absolute Gasteiger partial charge is 0.292 e. The molecule has 1 aromatic carbocycles. The number of hydrogen-bond donors (Lipinski definition) is 1. The molecule has 0 atom stereocenters. The van der Waals surface area contributed by atoms with E-state index in [-0.39, 0.29) is 10.6 Å². The zero-order valence-electron chi connectivity index (χ0n) is 12.7. The zero-order valence-corrected chi connectivity index (χ0v) is 12.7. The average Bonchev–Trinajstić information content (AvgIpc) is 2.39. The van der Waals surface area contributed by atoms with E-state index in [1.807, 2.05) is 19.1 Å². The van der Waals surface area contributed by atoms with Gasteiger partial charge in [0.05, 0.1) is 4.92 Å². The molecule has 0 unspecified atom stereocenters. The third-order valence-electron chi connectivity index (χ3n) is 3.11. The highest BCUT2D eigenvalue weighted by molar-refractivity contribution is 5.62. The van der Waals surface area contributed by atoms with E-state index in [2.05, 4.69) is 24.1 Å². The van der Waals surface area contributed by atoms with E-state index in [9.17, 15) is 10.1 Å². The largest absolute Gasteiger partial charge is 0.380 e. The Kier molecular flexibility index (Phi) is 7.01. The van der Waals surface area contributed by atoms with Crippen LogP contribution in [0, 0.1) is 10.1 Å². The highest BCUT2D eigenvalue weighted by Gasteiger charge is 2.14. The standard InChI is InChI=1S/C15H25N3O2/c1-4-9-17(10-5-2)12-13-7-8-15(18(19)20)14(11-13)16-6-3/h7-8,11,16H,4-6,9-10,12H2,1-3H3. The van der Waals surface area contributed by atoms with Crippen LogP contribution in [0.3, 0.4) is 0 Å². The number of hydrogen-bond acceptors (Lipinski definition) is 4. The molecule has 0 radical (unpaired) electrons. The summed E-state index contributed by atoms with van der Waals surface area (Å²) < 4.78 is 0. The van der Waals surface area contributed by atoms with Crippen molar-refractivity contribution in [3.8, 4) is 0 Å². The molecule has 1 N–H and O–H groups in total. The second kappa shape index (κ2) is 8.53. The average molecular weight is 279 g/mol. The van der Waals surface area contributed by atoms with Crippen LogP contribution in [-0.4, -0.2) is 29.5 Å². The number of rotatable bonds is 9. The summed E-state index contributed by atoms with van der Waals surface area (Å²) in [6, 6.07) is 5.36. The van der Waals surface area contributed by atoms with Crippen LogP contribution in [0.15, 0.2) is 18.2 Å². The molecule has 0 saturated carbocycles. The second-order valence-electron chi connectivity index (χ2n) is 4.92. The molecule has 20 heavy (non-hydrogen) atoms. The van der Waals surface area contributed by atoms with Gasteiger partial charge in [-0.1, -0.05) is 19.9 Å². The summed E-state index contributed by atoms with van der Waals surface area (Å²) in [4.78, 5) is 13.0. The molecule has 0 saturated heterocycles. The van der Waals surface area contributed by atoms with Crippen molar-refractivity contribution >= 4 is 11.4 Å². The summed E-state index contributed by atoms with van der Waals surface area (Å²) in [6.07, 6.45) is 2.24. The maximum absolute atomic E-state index is 11.0. The van der Waals surface area contributed by atoms with E-state index < -0.39 is 0 Å². The number of nitrogens with zero attached hydrogens (tertiary/aromatic N) is 2. The molecule has 1 rings (SSSR count). The first-order chi connectivity index (χ1) is 9.62. The molecule has 1 aromatic rings. The van der Waals surface area contributed by atoms with E-state index >= 15 is 0 Å². The van der Waals surface area contributed by atoms with Crippen molar-refractivity contribution in [3.05, 3.63) is 33.9 Å². The van der Waals surface area contributed by atoms with Crippen LogP contribution in [0.1, 0.15) is 39.2 Å². The second-order valence-corrected chi connectivity index (χ2v) is 4.92. The summed E-state index contributed by atoms with van der Waals surface area (Å²) in [5.41, 5.74) is 1.88. The van der Waals surface area contributed by atoms with Gasteiger partial charge >= 0.3 is 0 Å². The quantitative estimate of drug-likeness (QED) is 0.553. The van der Waals surface area contributed by atoms with Gasteiger partial charge in [0.15, 0.2) is 0 Å². The van der Waals surface area contributed by atoms with E-state index in [1.54, 1.807) is 6.07 Å². The van der Waals surface area contributed by atoms with Crippen molar-refractivity contribution in [3.63, 3.8) is 0 Å². The maximum Gasteiger partial charge on any atom is 0.292 e. The van der Waals surface area contributed by atoms with Crippen molar-refractivity contribution < 1.29 is 4.92 Å². The fraction of sp³-hybridized carbons (Fsp3) is 0.600. The lowest BCUT2D eigenvalue weighted by Gasteiger charge is -2.21. The van der Waals surface area contributed by atoms with Gasteiger partial charge < -0.3 is 5.32 Å². The molecule has 0 heterocycles. The first kappa shape index (κ1) is 16.4. The Morgan fingerprint density at radius 1 is 1.20 bits per heavy atom. The van der Waals surface area contributed by atoms with Gasteiger partial charge in [0.1, 0.15) is 5.69 Å². The molecular formula is C15H25N3O2. The molecule has 5 heteroatoms. The van der Waals surface area contributed by atoms with Crippen LogP contribution < -0.4 is 5.32 Å². The predicted octanol–water partition coefficient (Wildman–Crippen LogP) is 3.65. The third-order valence-corrected chi connectivity index (χ3v) is 3.11. The topological polar surface area (TPSA) is 58.4 Å². The van der Waals surface area contributed by atoms with E-state index in [0.29, 0.717) is 12.2 Å². The Labute approximate surface area is 121 Å². The van der Waals surface area contributed by atoms with Gasteiger partial charge in [-0.3, -0.25) is 15.0 Å². The van der Waals surface area contributed by atoms with Crippen molar-refractivity contribution in [2.24, 2.45) is 0 Å². The number of nitro groups is 1. The molecule has 0 fully saturated rings. The summed E-state index contributed by atoms with van der Waals surface area (Å²) in [7, 11) is 0. The minimum atomic E-state index is -0.336. The van der Waals surface area contributed by atoms with Crippen LogP contribution in [0.25, 0.3) is 0 Å². The van der Waals surface area contributed by atoms with Gasteiger partial charge in [0, 0.05) is 19.2 Å². The lowest BCUT2D eigenvalue weighted by Crippen LogP contribution is -2.24. The van der Waals surface area contributed by atoms with Crippen LogP contribution in [0.2, 0.25) is 0 Å². The Hall–Kier alpha value is -1.62. The first-order valence-electron chi connectivity index (χ1n) is 7.35. The highest BCUT2D eigenvalue weighted by atomic mass is 16.6. The number of anilines is 1. The fourth-order valence-electron chi connectivity index (χ4n) is 2.33. The van der Waals surface area contributed by atoms with Crippen molar-refractivity contribution in [1.29, 1.82) is 0 Å². The van der Waals surface area contributed by atoms with Gasteiger partial charge in [0.25, 0.3) is 5.69 Å². The van der Waals surface area contributed by atoms with Crippen LogP contribution in [-0.2, 0) is 6.54 Å². The Morgan fingerprint density at radius 3 is 2.35 bits per heavy atom. The summed E-state index contributed by atoms with van der Waals surface area (Å²) >= 11 is 0. The molecule has 5 nitrogen and oxygen atoms in total. The predicted molar refractivity (Wildman–Crippen MR) is 83.1 cm³/mol. The Balaban J connectivity index is 2.89. The highest BCUT2D eigenvalue weighted by Crippen LogP contribution is 2.26. The van der Waals surface area contributed by atoms with Gasteiger partial charge in [-0.2, -0.15) is 0 Å². The van der Waals surface area contributed by atoms with Crippen molar-refractivity contribution in [2.45, 2.75) is 40.2 Å². The van der Waals surface area contributed by atoms with E-state index in [0.717, 1.165) is 38.0 Å². The minimum Gasteiger partial charge on any atom is -0.380 e.